The monoisotopic (exact) mass is 509 g/mol. The third kappa shape index (κ3) is 6.82. The molecule has 1 aliphatic heterocycles. The largest absolute Gasteiger partial charge is 0.416 e. The molecule has 2 aliphatic rings. The number of carbonyl (C=O) groups excluding carboxylic acids is 1. The summed E-state index contributed by atoms with van der Waals surface area (Å²) >= 11 is 5.96. The molecule has 0 spiro atoms. The quantitative estimate of drug-likeness (QED) is 0.538. The molecule has 1 saturated heterocycles. The minimum absolute atomic E-state index is 0.000315. The number of hydrogen-bond acceptors (Lipinski definition) is 4. The van der Waals surface area contributed by atoms with E-state index < -0.39 is 11.7 Å². The maximum absolute atomic E-state index is 13.2. The van der Waals surface area contributed by atoms with E-state index in [1.807, 2.05) is 29.2 Å². The lowest BCUT2D eigenvalue weighted by Gasteiger charge is -2.36. The van der Waals surface area contributed by atoms with E-state index in [0.717, 1.165) is 44.5 Å². The number of alkyl halides is 3. The standard InChI is InChI=1S/C26H31ClF3N3O2/c1-18-2-5-21(16-24(18)26(28,29)30)31-20-6-10-23(11-7-20)35-17-25(34)33-14-12-32(13-15-33)22-8-3-19(27)4-9-22/h2-5,8-9,16,20,23,31H,6-7,10-15,17H2,1H3. The van der Waals surface area contributed by atoms with E-state index >= 15 is 0 Å². The molecule has 2 aromatic carbocycles. The van der Waals surface area contributed by atoms with Crippen LogP contribution in [0.25, 0.3) is 0 Å². The van der Waals surface area contributed by atoms with E-state index in [-0.39, 0.29) is 30.2 Å². The first-order valence-corrected chi connectivity index (χ1v) is 12.4. The predicted molar refractivity (Wildman–Crippen MR) is 132 cm³/mol. The first-order chi connectivity index (χ1) is 16.7. The molecule has 2 fully saturated rings. The number of piperazine rings is 1. The topological polar surface area (TPSA) is 44.8 Å². The number of anilines is 2. The van der Waals surface area contributed by atoms with Gasteiger partial charge in [-0.1, -0.05) is 17.7 Å². The van der Waals surface area contributed by atoms with Gasteiger partial charge in [-0.3, -0.25) is 4.79 Å². The van der Waals surface area contributed by atoms with Gasteiger partial charge >= 0.3 is 6.18 Å². The highest BCUT2D eigenvalue weighted by Gasteiger charge is 2.33. The summed E-state index contributed by atoms with van der Waals surface area (Å²) in [6.07, 6.45) is -1.25. The third-order valence-electron chi connectivity index (χ3n) is 6.85. The fourth-order valence-electron chi connectivity index (χ4n) is 4.77. The number of ether oxygens (including phenoxy) is 1. The Kier molecular flexibility index (Phi) is 8.12. The predicted octanol–water partition coefficient (Wildman–Crippen LogP) is 5.76. The van der Waals surface area contributed by atoms with Gasteiger partial charge in [0.15, 0.2) is 0 Å². The molecule has 35 heavy (non-hydrogen) atoms. The molecule has 5 nitrogen and oxygen atoms in total. The highest BCUT2D eigenvalue weighted by atomic mass is 35.5. The van der Waals surface area contributed by atoms with Gasteiger partial charge in [-0.15, -0.1) is 0 Å². The maximum atomic E-state index is 13.2. The summed E-state index contributed by atoms with van der Waals surface area (Å²) in [5.74, 6) is 0.000315. The molecule has 0 unspecified atom stereocenters. The Bertz CT molecular complexity index is 1000. The van der Waals surface area contributed by atoms with Crippen molar-refractivity contribution in [2.24, 2.45) is 0 Å². The number of nitrogens with zero attached hydrogens (tertiary/aromatic N) is 2. The van der Waals surface area contributed by atoms with E-state index in [4.69, 9.17) is 16.3 Å². The van der Waals surface area contributed by atoms with Crippen molar-refractivity contribution in [2.45, 2.75) is 50.9 Å². The maximum Gasteiger partial charge on any atom is 0.416 e. The first-order valence-electron chi connectivity index (χ1n) is 12.0. The Labute approximate surface area is 209 Å². The smallest absolute Gasteiger partial charge is 0.382 e. The van der Waals surface area contributed by atoms with Gasteiger partial charge in [0, 0.05) is 48.6 Å². The Morgan fingerprint density at radius 2 is 1.69 bits per heavy atom. The molecule has 1 heterocycles. The van der Waals surface area contributed by atoms with Crippen molar-refractivity contribution >= 4 is 28.9 Å². The van der Waals surface area contributed by atoms with E-state index in [1.165, 1.54) is 19.1 Å². The minimum Gasteiger partial charge on any atom is -0.382 e. The lowest BCUT2D eigenvalue weighted by atomic mass is 9.92. The zero-order chi connectivity index (χ0) is 25.0. The molecular formula is C26H31ClF3N3O2. The zero-order valence-corrected chi connectivity index (χ0v) is 20.5. The van der Waals surface area contributed by atoms with Crippen LogP contribution in [-0.4, -0.2) is 55.7 Å². The molecule has 1 N–H and O–H groups in total. The minimum atomic E-state index is -4.36. The normalized spacial score (nSPS) is 21.2. The van der Waals surface area contributed by atoms with E-state index in [2.05, 4.69) is 10.2 Å². The van der Waals surface area contributed by atoms with Crippen molar-refractivity contribution < 1.29 is 22.7 Å². The van der Waals surface area contributed by atoms with Crippen LogP contribution in [-0.2, 0) is 15.7 Å². The SMILES string of the molecule is Cc1ccc(NC2CCC(OCC(=O)N3CCN(c4ccc(Cl)cc4)CC3)CC2)cc1C(F)(F)F. The molecule has 0 radical (unpaired) electrons. The van der Waals surface area contributed by atoms with Crippen LogP contribution in [0.5, 0.6) is 0 Å². The van der Waals surface area contributed by atoms with E-state index in [9.17, 15) is 18.0 Å². The second kappa shape index (κ2) is 11.1. The van der Waals surface area contributed by atoms with Crippen LogP contribution >= 0.6 is 11.6 Å². The number of amides is 1. The van der Waals surface area contributed by atoms with Gasteiger partial charge in [0.1, 0.15) is 6.61 Å². The van der Waals surface area contributed by atoms with Crippen molar-refractivity contribution in [2.75, 3.05) is 43.0 Å². The van der Waals surface area contributed by atoms with Gasteiger partial charge < -0.3 is 19.9 Å². The number of aryl methyl sites for hydroxylation is 1. The Hall–Kier alpha value is -2.45. The van der Waals surface area contributed by atoms with Crippen molar-refractivity contribution in [3.8, 4) is 0 Å². The average Bonchev–Trinajstić information content (AvgIpc) is 2.84. The summed E-state index contributed by atoms with van der Waals surface area (Å²) in [6, 6.07) is 12.2. The van der Waals surface area contributed by atoms with Crippen molar-refractivity contribution in [3.63, 3.8) is 0 Å². The lowest BCUT2D eigenvalue weighted by Crippen LogP contribution is -2.50. The molecule has 0 atom stereocenters. The fourth-order valence-corrected chi connectivity index (χ4v) is 4.90. The van der Waals surface area contributed by atoms with E-state index in [0.29, 0.717) is 23.8 Å². The summed E-state index contributed by atoms with van der Waals surface area (Å²) in [5.41, 5.74) is 1.20. The highest BCUT2D eigenvalue weighted by molar-refractivity contribution is 6.30. The van der Waals surface area contributed by atoms with Crippen LogP contribution in [0, 0.1) is 6.92 Å². The molecule has 1 amide bonds. The van der Waals surface area contributed by atoms with Crippen molar-refractivity contribution in [3.05, 3.63) is 58.6 Å². The highest BCUT2D eigenvalue weighted by Crippen LogP contribution is 2.34. The third-order valence-corrected chi connectivity index (χ3v) is 7.11. The van der Waals surface area contributed by atoms with Gasteiger partial charge in [-0.2, -0.15) is 13.2 Å². The van der Waals surface area contributed by atoms with E-state index in [1.54, 1.807) is 6.07 Å². The second-order valence-electron chi connectivity index (χ2n) is 9.30. The van der Waals surface area contributed by atoms with Crippen LogP contribution in [0.2, 0.25) is 5.02 Å². The van der Waals surface area contributed by atoms with Crippen molar-refractivity contribution in [1.29, 1.82) is 0 Å². The molecule has 2 aromatic rings. The van der Waals surface area contributed by atoms with Crippen molar-refractivity contribution in [1.82, 2.24) is 4.90 Å². The molecular weight excluding hydrogens is 479 g/mol. The summed E-state index contributed by atoms with van der Waals surface area (Å²) in [4.78, 5) is 16.7. The van der Waals surface area contributed by atoms with Crippen LogP contribution in [0.15, 0.2) is 42.5 Å². The molecule has 1 aliphatic carbocycles. The number of carbonyl (C=O) groups is 1. The molecule has 0 aromatic heterocycles. The van der Waals surface area contributed by atoms with Crippen LogP contribution < -0.4 is 10.2 Å². The number of rotatable bonds is 6. The van der Waals surface area contributed by atoms with Gasteiger partial charge in [0.05, 0.1) is 11.7 Å². The Morgan fingerprint density at radius 3 is 2.31 bits per heavy atom. The fraction of sp³-hybridized carbons (Fsp3) is 0.500. The van der Waals surface area contributed by atoms with Gasteiger partial charge in [0.25, 0.3) is 0 Å². The first kappa shape index (κ1) is 25.6. The molecule has 9 heteroatoms. The molecule has 0 bridgehead atoms. The lowest BCUT2D eigenvalue weighted by molar-refractivity contribution is -0.139. The van der Waals surface area contributed by atoms with Crippen LogP contribution in [0.3, 0.4) is 0 Å². The Morgan fingerprint density at radius 1 is 1.03 bits per heavy atom. The molecule has 1 saturated carbocycles. The summed E-state index contributed by atoms with van der Waals surface area (Å²) < 4.78 is 45.4. The molecule has 4 rings (SSSR count). The van der Waals surface area contributed by atoms with Gasteiger partial charge in [-0.05, 0) is 74.6 Å². The number of halogens is 4. The second-order valence-corrected chi connectivity index (χ2v) is 9.74. The van der Waals surface area contributed by atoms with Crippen LogP contribution in [0.1, 0.15) is 36.8 Å². The Balaban J connectivity index is 1.17. The zero-order valence-electron chi connectivity index (χ0n) is 19.8. The molecule has 190 valence electrons. The van der Waals surface area contributed by atoms with Gasteiger partial charge in [-0.25, -0.2) is 0 Å². The number of nitrogens with one attached hydrogen (secondary N) is 1. The number of benzene rings is 2. The summed E-state index contributed by atoms with van der Waals surface area (Å²) in [7, 11) is 0. The average molecular weight is 510 g/mol. The summed E-state index contributed by atoms with van der Waals surface area (Å²) in [5, 5.41) is 3.94. The summed E-state index contributed by atoms with van der Waals surface area (Å²) in [6.45, 7) is 4.36. The number of hydrogen-bond donors (Lipinski definition) is 1. The van der Waals surface area contributed by atoms with Gasteiger partial charge in [0.2, 0.25) is 5.91 Å². The van der Waals surface area contributed by atoms with Crippen LogP contribution in [0.4, 0.5) is 24.5 Å².